The van der Waals surface area contributed by atoms with Crippen molar-refractivity contribution in [2.24, 2.45) is 5.92 Å². The molecule has 0 saturated carbocycles. The fraction of sp³-hybridized carbons (Fsp3) is 0.727. The summed E-state index contributed by atoms with van der Waals surface area (Å²) < 4.78 is 5.22. The van der Waals surface area contributed by atoms with Gasteiger partial charge in [0, 0.05) is 18.7 Å². The summed E-state index contributed by atoms with van der Waals surface area (Å²) in [5.41, 5.74) is 1.01. The summed E-state index contributed by atoms with van der Waals surface area (Å²) in [7, 11) is 0. The molecule has 1 fully saturated rings. The van der Waals surface area contributed by atoms with Crippen molar-refractivity contribution >= 4 is 5.91 Å². The van der Waals surface area contributed by atoms with Gasteiger partial charge in [-0.05, 0) is 18.8 Å². The van der Waals surface area contributed by atoms with E-state index in [1.165, 1.54) is 0 Å². The number of morpholine rings is 1. The van der Waals surface area contributed by atoms with Gasteiger partial charge in [-0.1, -0.05) is 13.0 Å². The molecule has 0 aromatic carbocycles. The Kier molecular flexibility index (Phi) is 2.87. The van der Waals surface area contributed by atoms with Gasteiger partial charge in [-0.15, -0.1) is 0 Å². The number of nitrogens with zero attached hydrogens (tertiary/aromatic N) is 1. The van der Waals surface area contributed by atoms with Crippen molar-refractivity contribution in [1.82, 2.24) is 4.90 Å². The van der Waals surface area contributed by atoms with Gasteiger partial charge in [0.1, 0.15) is 0 Å². The molecule has 2 aliphatic rings. The maximum absolute atomic E-state index is 11.9. The van der Waals surface area contributed by atoms with Crippen LogP contribution in [0.25, 0.3) is 0 Å². The maximum Gasteiger partial charge on any atom is 0.249 e. The average molecular weight is 195 g/mol. The molecule has 1 aliphatic heterocycles. The second-order valence-corrected chi connectivity index (χ2v) is 4.18. The highest BCUT2D eigenvalue weighted by Crippen LogP contribution is 2.25. The fourth-order valence-corrected chi connectivity index (χ4v) is 2.03. The minimum Gasteiger partial charge on any atom is -0.378 e. The topological polar surface area (TPSA) is 29.5 Å². The highest BCUT2D eigenvalue weighted by Gasteiger charge is 2.24. The van der Waals surface area contributed by atoms with Crippen LogP contribution in [0.1, 0.15) is 19.8 Å². The van der Waals surface area contributed by atoms with Crippen molar-refractivity contribution in [3.63, 3.8) is 0 Å². The van der Waals surface area contributed by atoms with Crippen LogP contribution in [-0.4, -0.2) is 37.1 Å². The molecular weight excluding hydrogens is 178 g/mol. The molecule has 0 N–H and O–H groups in total. The van der Waals surface area contributed by atoms with Gasteiger partial charge in [0.15, 0.2) is 0 Å². The van der Waals surface area contributed by atoms with Crippen molar-refractivity contribution in [3.8, 4) is 0 Å². The first-order chi connectivity index (χ1) is 6.77. The molecule has 14 heavy (non-hydrogen) atoms. The van der Waals surface area contributed by atoms with Crippen LogP contribution in [0.4, 0.5) is 0 Å². The number of hydrogen-bond acceptors (Lipinski definition) is 2. The molecule has 3 heteroatoms. The SMILES string of the molecule is CC1CC=C(C(=O)N2CCOCC2)C1. The van der Waals surface area contributed by atoms with Crippen LogP contribution < -0.4 is 0 Å². The van der Waals surface area contributed by atoms with E-state index in [4.69, 9.17) is 4.74 Å². The standard InChI is InChI=1S/C11H17NO2/c1-9-2-3-10(8-9)11(13)12-4-6-14-7-5-12/h3,9H,2,4-8H2,1H3. The lowest BCUT2D eigenvalue weighted by Gasteiger charge is -2.27. The lowest BCUT2D eigenvalue weighted by Crippen LogP contribution is -2.41. The summed E-state index contributed by atoms with van der Waals surface area (Å²) in [6, 6.07) is 0. The number of rotatable bonds is 1. The smallest absolute Gasteiger partial charge is 0.249 e. The van der Waals surface area contributed by atoms with Gasteiger partial charge in [-0.3, -0.25) is 4.79 Å². The van der Waals surface area contributed by atoms with Crippen LogP contribution >= 0.6 is 0 Å². The largest absolute Gasteiger partial charge is 0.378 e. The lowest BCUT2D eigenvalue weighted by atomic mass is 10.1. The van der Waals surface area contributed by atoms with Gasteiger partial charge in [0.25, 0.3) is 0 Å². The van der Waals surface area contributed by atoms with Crippen LogP contribution in [0.5, 0.6) is 0 Å². The molecule has 78 valence electrons. The zero-order chi connectivity index (χ0) is 9.97. The Labute approximate surface area is 84.7 Å². The van der Waals surface area contributed by atoms with E-state index in [0.717, 1.165) is 31.5 Å². The van der Waals surface area contributed by atoms with E-state index in [1.807, 2.05) is 4.90 Å². The highest BCUT2D eigenvalue weighted by atomic mass is 16.5. The first-order valence-corrected chi connectivity index (χ1v) is 5.33. The maximum atomic E-state index is 11.9. The van der Waals surface area contributed by atoms with Crippen molar-refractivity contribution in [1.29, 1.82) is 0 Å². The second kappa shape index (κ2) is 4.13. The van der Waals surface area contributed by atoms with E-state index in [9.17, 15) is 4.79 Å². The summed E-state index contributed by atoms with van der Waals surface area (Å²) in [6.07, 6.45) is 4.12. The Morgan fingerprint density at radius 3 is 2.79 bits per heavy atom. The van der Waals surface area contributed by atoms with Gasteiger partial charge in [0.2, 0.25) is 5.91 Å². The molecule has 2 rings (SSSR count). The number of amides is 1. The average Bonchev–Trinajstić information content (AvgIpc) is 2.65. The molecule has 1 aliphatic carbocycles. The summed E-state index contributed by atoms with van der Waals surface area (Å²) in [6.45, 7) is 5.08. The molecule has 0 aromatic heterocycles. The van der Waals surface area contributed by atoms with Gasteiger partial charge >= 0.3 is 0 Å². The minimum absolute atomic E-state index is 0.234. The first-order valence-electron chi connectivity index (χ1n) is 5.33. The predicted octanol–water partition coefficient (Wildman–Crippen LogP) is 1.20. The Morgan fingerprint density at radius 1 is 1.50 bits per heavy atom. The quantitative estimate of drug-likeness (QED) is 0.629. The summed E-state index contributed by atoms with van der Waals surface area (Å²) in [5, 5.41) is 0. The molecule has 0 radical (unpaired) electrons. The van der Waals surface area contributed by atoms with Crippen LogP contribution in [0, 0.1) is 5.92 Å². The molecule has 1 atom stereocenters. The third kappa shape index (κ3) is 1.98. The summed E-state index contributed by atoms with van der Waals surface area (Å²) in [4.78, 5) is 13.9. The first kappa shape index (κ1) is 9.71. The third-order valence-corrected chi connectivity index (χ3v) is 2.91. The van der Waals surface area contributed by atoms with Crippen molar-refractivity contribution in [2.75, 3.05) is 26.3 Å². The molecule has 1 heterocycles. The molecule has 1 saturated heterocycles. The highest BCUT2D eigenvalue weighted by molar-refractivity contribution is 5.93. The Balaban J connectivity index is 1.94. The number of carbonyl (C=O) groups excluding carboxylic acids is 1. The van der Waals surface area contributed by atoms with E-state index in [-0.39, 0.29) is 5.91 Å². The molecule has 0 bridgehead atoms. The van der Waals surface area contributed by atoms with Crippen LogP contribution in [-0.2, 0) is 9.53 Å². The summed E-state index contributed by atoms with van der Waals surface area (Å²) >= 11 is 0. The predicted molar refractivity (Wildman–Crippen MR) is 53.9 cm³/mol. The molecule has 3 nitrogen and oxygen atoms in total. The normalized spacial score (nSPS) is 27.6. The number of allylic oxidation sites excluding steroid dienone is 1. The van der Waals surface area contributed by atoms with E-state index in [2.05, 4.69) is 13.0 Å². The van der Waals surface area contributed by atoms with Crippen molar-refractivity contribution in [3.05, 3.63) is 11.6 Å². The van der Waals surface area contributed by atoms with Crippen LogP contribution in [0.2, 0.25) is 0 Å². The van der Waals surface area contributed by atoms with E-state index < -0.39 is 0 Å². The van der Waals surface area contributed by atoms with Gasteiger partial charge in [-0.2, -0.15) is 0 Å². The van der Waals surface area contributed by atoms with Gasteiger partial charge in [0.05, 0.1) is 13.2 Å². The minimum atomic E-state index is 0.234. The monoisotopic (exact) mass is 195 g/mol. The number of ether oxygens (including phenoxy) is 1. The van der Waals surface area contributed by atoms with E-state index >= 15 is 0 Å². The second-order valence-electron chi connectivity index (χ2n) is 4.18. The Bertz CT molecular complexity index is 254. The third-order valence-electron chi connectivity index (χ3n) is 2.91. The number of hydrogen-bond donors (Lipinski definition) is 0. The zero-order valence-corrected chi connectivity index (χ0v) is 8.66. The van der Waals surface area contributed by atoms with Gasteiger partial charge in [-0.25, -0.2) is 0 Å². The van der Waals surface area contributed by atoms with E-state index in [1.54, 1.807) is 0 Å². The Hall–Kier alpha value is -0.830. The van der Waals surface area contributed by atoms with E-state index in [0.29, 0.717) is 19.1 Å². The Morgan fingerprint density at radius 2 is 2.21 bits per heavy atom. The van der Waals surface area contributed by atoms with Crippen LogP contribution in [0.15, 0.2) is 11.6 Å². The lowest BCUT2D eigenvalue weighted by molar-refractivity contribution is -0.131. The van der Waals surface area contributed by atoms with Crippen LogP contribution in [0.3, 0.4) is 0 Å². The molecule has 1 unspecified atom stereocenters. The zero-order valence-electron chi connectivity index (χ0n) is 8.66. The fourth-order valence-electron chi connectivity index (χ4n) is 2.03. The van der Waals surface area contributed by atoms with Crippen molar-refractivity contribution in [2.45, 2.75) is 19.8 Å². The summed E-state index contributed by atoms with van der Waals surface area (Å²) in [5.74, 6) is 0.882. The molecule has 1 amide bonds. The molecular formula is C11H17NO2. The van der Waals surface area contributed by atoms with Gasteiger partial charge < -0.3 is 9.64 Å². The molecule has 0 spiro atoms. The number of carbonyl (C=O) groups is 1. The molecule has 0 aromatic rings. The van der Waals surface area contributed by atoms with Crippen molar-refractivity contribution < 1.29 is 9.53 Å².